The van der Waals surface area contributed by atoms with Crippen LogP contribution >= 0.6 is 15.9 Å². The second-order valence-electron chi connectivity index (χ2n) is 5.83. The summed E-state index contributed by atoms with van der Waals surface area (Å²) in [7, 11) is 0. The standard InChI is InChI=1S/C16H14BrNO2/c17-11-5-7-12(8-6-11)18-15(19)13-9-1-2-10(4-3-9)14(13)16(18)20/h1-2,5-10,13-14H,3-4H2/t9-,10-,13-,14-/m0/s1. The lowest BCUT2D eigenvalue weighted by atomic mass is 9.63. The van der Waals surface area contributed by atoms with Gasteiger partial charge in [0.1, 0.15) is 0 Å². The number of anilines is 1. The highest BCUT2D eigenvalue weighted by Crippen LogP contribution is 2.50. The minimum atomic E-state index is -0.130. The van der Waals surface area contributed by atoms with Gasteiger partial charge < -0.3 is 0 Å². The first-order valence-electron chi connectivity index (χ1n) is 6.98. The van der Waals surface area contributed by atoms with Gasteiger partial charge in [-0.2, -0.15) is 0 Å². The quantitative estimate of drug-likeness (QED) is 0.585. The van der Waals surface area contributed by atoms with Crippen LogP contribution in [0.1, 0.15) is 12.8 Å². The molecule has 0 spiro atoms. The molecule has 1 aliphatic heterocycles. The molecule has 2 bridgehead atoms. The van der Waals surface area contributed by atoms with Crippen molar-refractivity contribution in [2.75, 3.05) is 4.90 Å². The Morgan fingerprint density at radius 1 is 0.900 bits per heavy atom. The number of hydrogen-bond acceptors (Lipinski definition) is 2. The normalized spacial score (nSPS) is 34.8. The van der Waals surface area contributed by atoms with E-state index in [1.165, 1.54) is 4.90 Å². The Labute approximate surface area is 125 Å². The Morgan fingerprint density at radius 3 is 1.85 bits per heavy atom. The molecule has 3 nitrogen and oxygen atoms in total. The molecule has 4 heteroatoms. The summed E-state index contributed by atoms with van der Waals surface area (Å²) >= 11 is 3.38. The van der Waals surface area contributed by atoms with Gasteiger partial charge in [-0.15, -0.1) is 0 Å². The Bertz CT molecular complexity index is 590. The highest BCUT2D eigenvalue weighted by atomic mass is 79.9. The maximum absolute atomic E-state index is 12.7. The van der Waals surface area contributed by atoms with E-state index in [0.29, 0.717) is 5.69 Å². The van der Waals surface area contributed by atoms with E-state index in [0.717, 1.165) is 17.3 Å². The zero-order valence-electron chi connectivity index (χ0n) is 10.8. The molecular formula is C16H14BrNO2. The monoisotopic (exact) mass is 331 g/mol. The Balaban J connectivity index is 1.75. The van der Waals surface area contributed by atoms with E-state index in [1.807, 2.05) is 24.3 Å². The SMILES string of the molecule is O=C1[C@@H]2[C@@H](C(=O)N1c1ccc(Br)cc1)[C@H]1C=C[C@H]2CC1. The van der Waals surface area contributed by atoms with Crippen LogP contribution in [0.25, 0.3) is 0 Å². The molecule has 0 N–H and O–H groups in total. The van der Waals surface area contributed by atoms with Gasteiger partial charge in [0.15, 0.2) is 0 Å². The lowest BCUT2D eigenvalue weighted by Crippen LogP contribution is -2.38. The molecule has 1 saturated carbocycles. The highest BCUT2D eigenvalue weighted by molar-refractivity contribution is 9.10. The van der Waals surface area contributed by atoms with Gasteiger partial charge in [-0.3, -0.25) is 14.5 Å². The Kier molecular flexibility index (Phi) is 2.64. The molecule has 20 heavy (non-hydrogen) atoms. The van der Waals surface area contributed by atoms with Crippen LogP contribution in [-0.4, -0.2) is 11.8 Å². The number of allylic oxidation sites excluding steroid dienone is 2. The van der Waals surface area contributed by atoms with Crippen molar-refractivity contribution in [1.82, 2.24) is 0 Å². The first kappa shape index (κ1) is 12.3. The summed E-state index contributed by atoms with van der Waals surface area (Å²) in [6.07, 6.45) is 6.36. The van der Waals surface area contributed by atoms with Crippen LogP contribution in [0.2, 0.25) is 0 Å². The van der Waals surface area contributed by atoms with E-state index in [9.17, 15) is 9.59 Å². The third-order valence-corrected chi connectivity index (χ3v) is 5.37. The molecule has 0 radical (unpaired) electrons. The van der Waals surface area contributed by atoms with E-state index in [2.05, 4.69) is 28.1 Å². The summed E-state index contributed by atoms with van der Waals surface area (Å²) in [5.41, 5.74) is 0.692. The number of halogens is 1. The Morgan fingerprint density at radius 2 is 1.40 bits per heavy atom. The van der Waals surface area contributed by atoms with Crippen LogP contribution in [0, 0.1) is 23.7 Å². The zero-order valence-corrected chi connectivity index (χ0v) is 12.4. The van der Waals surface area contributed by atoms with E-state index >= 15 is 0 Å². The molecule has 1 saturated heterocycles. The zero-order chi connectivity index (χ0) is 13.9. The number of nitrogens with zero attached hydrogens (tertiary/aromatic N) is 1. The molecule has 2 fully saturated rings. The van der Waals surface area contributed by atoms with E-state index < -0.39 is 0 Å². The summed E-state index contributed by atoms with van der Waals surface area (Å²) in [4.78, 5) is 26.8. The first-order chi connectivity index (χ1) is 9.66. The topological polar surface area (TPSA) is 37.4 Å². The van der Waals surface area contributed by atoms with Crippen LogP contribution in [0.5, 0.6) is 0 Å². The number of fused-ring (bicyclic) bond motifs is 1. The Hall–Kier alpha value is -1.42. The van der Waals surface area contributed by atoms with Crippen molar-refractivity contribution >= 4 is 33.4 Å². The third-order valence-electron chi connectivity index (χ3n) is 4.84. The van der Waals surface area contributed by atoms with Gasteiger partial charge in [0.25, 0.3) is 0 Å². The van der Waals surface area contributed by atoms with Crippen molar-refractivity contribution in [3.8, 4) is 0 Å². The molecule has 1 heterocycles. The molecule has 0 unspecified atom stereocenters. The largest absolute Gasteiger partial charge is 0.274 e. The van der Waals surface area contributed by atoms with Gasteiger partial charge in [0, 0.05) is 4.47 Å². The van der Waals surface area contributed by atoms with Gasteiger partial charge in [-0.25, -0.2) is 0 Å². The molecular weight excluding hydrogens is 318 g/mol. The number of amides is 2. The molecule has 1 aromatic carbocycles. The summed E-state index contributed by atoms with van der Waals surface area (Å²) in [6, 6.07) is 7.38. The maximum atomic E-state index is 12.7. The molecule has 1 aromatic rings. The fourth-order valence-corrected chi connectivity index (χ4v) is 4.18. The fraction of sp³-hybridized carbons (Fsp3) is 0.375. The highest BCUT2D eigenvalue weighted by Gasteiger charge is 2.56. The van der Waals surface area contributed by atoms with Crippen molar-refractivity contribution in [2.24, 2.45) is 23.7 Å². The number of carbonyl (C=O) groups is 2. The van der Waals surface area contributed by atoms with Crippen molar-refractivity contribution in [3.05, 3.63) is 40.9 Å². The molecule has 5 rings (SSSR count). The number of hydrogen-bond donors (Lipinski definition) is 0. The van der Waals surface area contributed by atoms with Crippen molar-refractivity contribution < 1.29 is 9.59 Å². The fourth-order valence-electron chi connectivity index (χ4n) is 3.92. The van der Waals surface area contributed by atoms with Crippen LogP contribution in [0.4, 0.5) is 5.69 Å². The number of rotatable bonds is 1. The van der Waals surface area contributed by atoms with Crippen molar-refractivity contribution in [2.45, 2.75) is 12.8 Å². The summed E-state index contributed by atoms with van der Waals surface area (Å²) in [5, 5.41) is 0. The minimum absolute atomic E-state index is 0.0126. The number of imide groups is 1. The molecule has 4 aliphatic rings. The van der Waals surface area contributed by atoms with Crippen molar-refractivity contribution in [3.63, 3.8) is 0 Å². The predicted octanol–water partition coefficient (Wildman–Crippen LogP) is 3.15. The summed E-state index contributed by atoms with van der Waals surface area (Å²) < 4.78 is 0.944. The molecule has 0 aromatic heterocycles. The minimum Gasteiger partial charge on any atom is -0.274 e. The molecule has 3 aliphatic carbocycles. The van der Waals surface area contributed by atoms with Crippen molar-refractivity contribution in [1.29, 1.82) is 0 Å². The van der Waals surface area contributed by atoms with Crippen LogP contribution in [-0.2, 0) is 9.59 Å². The number of benzene rings is 1. The smallest absolute Gasteiger partial charge is 0.238 e. The van der Waals surface area contributed by atoms with E-state index in [4.69, 9.17) is 0 Å². The van der Waals surface area contributed by atoms with Crippen LogP contribution in [0.15, 0.2) is 40.9 Å². The lowest BCUT2D eigenvalue weighted by molar-refractivity contribution is -0.124. The predicted molar refractivity (Wildman–Crippen MR) is 79.0 cm³/mol. The molecule has 102 valence electrons. The van der Waals surface area contributed by atoms with Gasteiger partial charge in [0.05, 0.1) is 17.5 Å². The van der Waals surface area contributed by atoms with E-state index in [-0.39, 0.29) is 35.5 Å². The second-order valence-corrected chi connectivity index (χ2v) is 6.75. The third kappa shape index (κ3) is 1.57. The average molecular weight is 332 g/mol. The van der Waals surface area contributed by atoms with Gasteiger partial charge >= 0.3 is 0 Å². The lowest BCUT2D eigenvalue weighted by Gasteiger charge is -2.38. The van der Waals surface area contributed by atoms with Gasteiger partial charge in [-0.05, 0) is 48.9 Å². The molecule has 2 amide bonds. The van der Waals surface area contributed by atoms with Gasteiger partial charge in [0.2, 0.25) is 11.8 Å². The summed E-state index contributed by atoms with van der Waals surface area (Å²) in [5.74, 6) is 0.219. The van der Waals surface area contributed by atoms with Crippen LogP contribution in [0.3, 0.4) is 0 Å². The first-order valence-corrected chi connectivity index (χ1v) is 7.78. The molecule has 4 atom stereocenters. The summed E-state index contributed by atoms with van der Waals surface area (Å²) in [6.45, 7) is 0. The van der Waals surface area contributed by atoms with Crippen LogP contribution < -0.4 is 4.90 Å². The average Bonchev–Trinajstić information content (AvgIpc) is 2.76. The van der Waals surface area contributed by atoms with E-state index in [1.54, 1.807) is 0 Å². The van der Waals surface area contributed by atoms with Gasteiger partial charge in [-0.1, -0.05) is 28.1 Å². The second kappa shape index (κ2) is 4.29. The maximum Gasteiger partial charge on any atom is 0.238 e. The number of carbonyl (C=O) groups excluding carboxylic acids is 2.